The number of benzene rings is 1. The van der Waals surface area contributed by atoms with Gasteiger partial charge in [0.25, 0.3) is 5.91 Å². The first kappa shape index (κ1) is 17.1. The predicted molar refractivity (Wildman–Crippen MR) is 88.0 cm³/mol. The zero-order chi connectivity index (χ0) is 17.9. The van der Waals surface area contributed by atoms with E-state index >= 15 is 0 Å². The molecule has 0 aliphatic carbocycles. The van der Waals surface area contributed by atoms with Crippen molar-refractivity contribution in [1.82, 2.24) is 15.5 Å². The van der Waals surface area contributed by atoms with Crippen LogP contribution in [0.4, 0.5) is 4.39 Å². The molecular weight excluding hydrogens is 327 g/mol. The van der Waals surface area contributed by atoms with Gasteiger partial charge in [-0.05, 0) is 43.2 Å². The van der Waals surface area contributed by atoms with Gasteiger partial charge >= 0.3 is 0 Å². The standard InChI is InChI=1S/C17H19FN4O3/c18-12-3-1-11(2-4-12)13-9-14(22-21-13)15(23)20-10-17(16(19)24)5-7-25-8-6-17/h1-4,9H,5-8,10H2,(H2,19,24)(H,20,23)(H,21,22). The normalized spacial score (nSPS) is 16.4. The summed E-state index contributed by atoms with van der Waals surface area (Å²) >= 11 is 0. The number of carbonyl (C=O) groups is 2. The van der Waals surface area contributed by atoms with E-state index in [1.54, 1.807) is 18.2 Å². The number of carbonyl (C=O) groups excluding carboxylic acids is 2. The quantitative estimate of drug-likeness (QED) is 0.756. The van der Waals surface area contributed by atoms with Crippen LogP contribution in [0.1, 0.15) is 23.3 Å². The van der Waals surface area contributed by atoms with Gasteiger partial charge in [-0.15, -0.1) is 0 Å². The van der Waals surface area contributed by atoms with Gasteiger partial charge in [0.1, 0.15) is 11.5 Å². The van der Waals surface area contributed by atoms with Crippen molar-refractivity contribution in [3.8, 4) is 11.3 Å². The lowest BCUT2D eigenvalue weighted by Gasteiger charge is -2.34. The molecule has 1 aliphatic rings. The average molecular weight is 346 g/mol. The van der Waals surface area contributed by atoms with Crippen molar-refractivity contribution >= 4 is 11.8 Å². The van der Waals surface area contributed by atoms with Crippen LogP contribution >= 0.6 is 0 Å². The lowest BCUT2D eigenvalue weighted by atomic mass is 9.79. The molecule has 3 rings (SSSR count). The Bertz CT molecular complexity index is 766. The van der Waals surface area contributed by atoms with Gasteiger partial charge in [0.2, 0.25) is 5.91 Å². The van der Waals surface area contributed by atoms with Crippen LogP contribution in [0, 0.1) is 11.2 Å². The third-order valence-corrected chi connectivity index (χ3v) is 4.52. The molecule has 2 amide bonds. The van der Waals surface area contributed by atoms with Gasteiger partial charge in [-0.2, -0.15) is 5.10 Å². The first-order valence-corrected chi connectivity index (χ1v) is 7.97. The molecule has 1 aromatic carbocycles. The van der Waals surface area contributed by atoms with Crippen molar-refractivity contribution in [3.63, 3.8) is 0 Å². The number of primary amides is 1. The molecule has 1 aliphatic heterocycles. The first-order chi connectivity index (χ1) is 12.0. The number of hydrogen-bond donors (Lipinski definition) is 3. The zero-order valence-electron chi connectivity index (χ0n) is 13.5. The van der Waals surface area contributed by atoms with Gasteiger partial charge in [0.15, 0.2) is 0 Å². The number of nitrogens with zero attached hydrogens (tertiary/aromatic N) is 1. The Morgan fingerprint density at radius 3 is 2.60 bits per heavy atom. The van der Waals surface area contributed by atoms with E-state index < -0.39 is 11.3 Å². The highest BCUT2D eigenvalue weighted by Gasteiger charge is 2.38. The summed E-state index contributed by atoms with van der Waals surface area (Å²) in [5.74, 6) is -1.16. The SMILES string of the molecule is NC(=O)C1(CNC(=O)c2cc(-c3ccc(F)cc3)n[nH]2)CCOCC1. The minimum absolute atomic E-state index is 0.148. The molecule has 0 unspecified atom stereocenters. The Balaban J connectivity index is 1.67. The summed E-state index contributed by atoms with van der Waals surface area (Å²) in [6.07, 6.45) is 0.957. The van der Waals surface area contributed by atoms with Crippen LogP contribution in [0.5, 0.6) is 0 Å². The summed E-state index contributed by atoms with van der Waals surface area (Å²) in [5.41, 5.74) is 6.21. The number of rotatable bonds is 5. The molecule has 0 bridgehead atoms. The van der Waals surface area contributed by atoms with Crippen LogP contribution in [0.2, 0.25) is 0 Å². The maximum atomic E-state index is 13.0. The molecule has 0 radical (unpaired) electrons. The lowest BCUT2D eigenvalue weighted by molar-refractivity contribution is -0.132. The lowest BCUT2D eigenvalue weighted by Crippen LogP contribution is -2.49. The number of halogens is 1. The van der Waals surface area contributed by atoms with Crippen LogP contribution in [0.3, 0.4) is 0 Å². The van der Waals surface area contributed by atoms with E-state index in [2.05, 4.69) is 15.5 Å². The second-order valence-electron chi connectivity index (χ2n) is 6.11. The Hall–Kier alpha value is -2.74. The topological polar surface area (TPSA) is 110 Å². The monoisotopic (exact) mass is 346 g/mol. The minimum Gasteiger partial charge on any atom is -0.381 e. The number of ether oxygens (including phenoxy) is 1. The smallest absolute Gasteiger partial charge is 0.269 e. The first-order valence-electron chi connectivity index (χ1n) is 7.97. The highest BCUT2D eigenvalue weighted by atomic mass is 19.1. The van der Waals surface area contributed by atoms with E-state index in [0.29, 0.717) is 37.3 Å². The number of nitrogens with two attached hydrogens (primary N) is 1. The molecular formula is C17H19FN4O3. The number of amides is 2. The summed E-state index contributed by atoms with van der Waals surface area (Å²) in [7, 11) is 0. The van der Waals surface area contributed by atoms with Crippen molar-refractivity contribution in [2.75, 3.05) is 19.8 Å². The number of nitrogens with one attached hydrogen (secondary N) is 2. The molecule has 0 spiro atoms. The molecule has 4 N–H and O–H groups in total. The van der Waals surface area contributed by atoms with Crippen molar-refractivity contribution in [1.29, 1.82) is 0 Å². The van der Waals surface area contributed by atoms with Gasteiger partial charge in [0.05, 0.1) is 11.1 Å². The van der Waals surface area contributed by atoms with Crippen LogP contribution in [0.15, 0.2) is 30.3 Å². The fourth-order valence-corrected chi connectivity index (χ4v) is 2.82. The summed E-state index contributed by atoms with van der Waals surface area (Å²) in [6, 6.07) is 7.38. The number of aromatic amines is 1. The predicted octanol–water partition coefficient (Wildman–Crippen LogP) is 1.23. The van der Waals surface area contributed by atoms with Crippen molar-refractivity contribution in [2.24, 2.45) is 11.1 Å². The molecule has 7 nitrogen and oxygen atoms in total. The second kappa shape index (κ2) is 7.02. The van der Waals surface area contributed by atoms with E-state index in [9.17, 15) is 14.0 Å². The number of aromatic nitrogens is 2. The van der Waals surface area contributed by atoms with Crippen LogP contribution in [0.25, 0.3) is 11.3 Å². The molecule has 132 valence electrons. The summed E-state index contributed by atoms with van der Waals surface area (Å²) in [4.78, 5) is 24.1. The third-order valence-electron chi connectivity index (χ3n) is 4.52. The maximum absolute atomic E-state index is 13.0. The largest absolute Gasteiger partial charge is 0.381 e. The molecule has 2 aromatic rings. The Morgan fingerprint density at radius 2 is 1.96 bits per heavy atom. The van der Waals surface area contributed by atoms with Gasteiger partial charge in [-0.1, -0.05) is 0 Å². The van der Waals surface area contributed by atoms with Crippen LogP contribution in [-0.4, -0.2) is 41.8 Å². The Morgan fingerprint density at radius 1 is 1.28 bits per heavy atom. The zero-order valence-corrected chi connectivity index (χ0v) is 13.5. The Kier molecular flexibility index (Phi) is 4.80. The molecule has 1 saturated heterocycles. The van der Waals surface area contributed by atoms with Gasteiger partial charge in [0, 0.05) is 25.3 Å². The van der Waals surface area contributed by atoms with Gasteiger partial charge < -0.3 is 15.8 Å². The second-order valence-corrected chi connectivity index (χ2v) is 6.11. The number of H-pyrrole nitrogens is 1. The summed E-state index contributed by atoms with van der Waals surface area (Å²) in [5, 5.41) is 9.45. The molecule has 1 fully saturated rings. The van der Waals surface area contributed by atoms with Gasteiger partial charge in [-0.3, -0.25) is 14.7 Å². The fourth-order valence-electron chi connectivity index (χ4n) is 2.82. The molecule has 25 heavy (non-hydrogen) atoms. The maximum Gasteiger partial charge on any atom is 0.269 e. The highest BCUT2D eigenvalue weighted by molar-refractivity contribution is 5.94. The third kappa shape index (κ3) is 3.69. The van der Waals surface area contributed by atoms with E-state index in [-0.39, 0.29) is 24.0 Å². The summed E-state index contributed by atoms with van der Waals surface area (Å²) < 4.78 is 18.2. The summed E-state index contributed by atoms with van der Waals surface area (Å²) in [6.45, 7) is 1.03. The van der Waals surface area contributed by atoms with E-state index in [1.807, 2.05) is 0 Å². The molecule has 0 atom stereocenters. The number of hydrogen-bond acceptors (Lipinski definition) is 4. The van der Waals surface area contributed by atoms with E-state index in [4.69, 9.17) is 10.5 Å². The minimum atomic E-state index is -0.784. The fraction of sp³-hybridized carbons (Fsp3) is 0.353. The molecule has 0 saturated carbocycles. The highest BCUT2D eigenvalue weighted by Crippen LogP contribution is 2.29. The van der Waals surface area contributed by atoms with Crippen molar-refractivity contribution in [3.05, 3.63) is 41.8 Å². The van der Waals surface area contributed by atoms with Crippen LogP contribution in [-0.2, 0) is 9.53 Å². The van der Waals surface area contributed by atoms with Gasteiger partial charge in [-0.25, -0.2) is 4.39 Å². The van der Waals surface area contributed by atoms with E-state index in [0.717, 1.165) is 0 Å². The molecule has 2 heterocycles. The average Bonchev–Trinajstić information content (AvgIpc) is 3.11. The molecule has 1 aromatic heterocycles. The van der Waals surface area contributed by atoms with E-state index in [1.165, 1.54) is 12.1 Å². The van der Waals surface area contributed by atoms with Crippen molar-refractivity contribution in [2.45, 2.75) is 12.8 Å². The van der Waals surface area contributed by atoms with Crippen molar-refractivity contribution < 1.29 is 18.7 Å². The Labute approximate surface area is 143 Å². The van der Waals surface area contributed by atoms with Crippen LogP contribution < -0.4 is 11.1 Å². The molecule has 8 heteroatoms.